The van der Waals surface area contributed by atoms with Gasteiger partial charge in [-0.1, -0.05) is 34.9 Å². The summed E-state index contributed by atoms with van der Waals surface area (Å²) < 4.78 is 4.61. The van der Waals surface area contributed by atoms with Gasteiger partial charge >= 0.3 is 5.97 Å². The number of aldehydes is 1. The lowest BCUT2D eigenvalue weighted by Gasteiger charge is -2.02. The van der Waals surface area contributed by atoms with Crippen LogP contribution in [0, 0.1) is 0 Å². The second kappa shape index (κ2) is 13.1. The number of carbonyl (C=O) groups excluding carboxylic acids is 2. The molecule has 0 spiro atoms. The summed E-state index contributed by atoms with van der Waals surface area (Å²) >= 11 is 0. The molecular weight excluding hydrogens is 276 g/mol. The van der Waals surface area contributed by atoms with Crippen LogP contribution in [0.5, 0.6) is 0 Å². The van der Waals surface area contributed by atoms with Crippen molar-refractivity contribution in [1.29, 1.82) is 0 Å². The van der Waals surface area contributed by atoms with Crippen molar-refractivity contribution in [2.75, 3.05) is 7.11 Å². The quantitative estimate of drug-likeness (QED) is 0.309. The molecule has 0 fully saturated rings. The number of rotatable bonds is 11. The highest BCUT2D eigenvalue weighted by atomic mass is 16.5. The van der Waals surface area contributed by atoms with E-state index in [2.05, 4.69) is 30.7 Å². The summed E-state index contributed by atoms with van der Waals surface area (Å²) in [6, 6.07) is 0. The number of hydrogen-bond donors (Lipinski definition) is 0. The number of ether oxygens (including phenoxy) is 1. The van der Waals surface area contributed by atoms with Crippen molar-refractivity contribution in [2.24, 2.45) is 0 Å². The maximum absolute atomic E-state index is 11.0. The summed E-state index contributed by atoms with van der Waals surface area (Å²) in [6.07, 6.45) is 13.3. The van der Waals surface area contributed by atoms with Crippen LogP contribution >= 0.6 is 0 Å². The molecule has 3 nitrogen and oxygen atoms in total. The van der Waals surface area contributed by atoms with E-state index in [0.29, 0.717) is 12.8 Å². The summed E-state index contributed by atoms with van der Waals surface area (Å²) in [5, 5.41) is 0. The van der Waals surface area contributed by atoms with E-state index in [4.69, 9.17) is 0 Å². The van der Waals surface area contributed by atoms with Gasteiger partial charge in [-0.15, -0.1) is 0 Å². The SMILES string of the molecule is COC(=O)CC=C(C)CC/C=C(\C)CC/C=C(\C)CCC=O. The van der Waals surface area contributed by atoms with Crippen molar-refractivity contribution in [3.63, 3.8) is 0 Å². The number of esters is 1. The van der Waals surface area contributed by atoms with E-state index in [-0.39, 0.29) is 5.97 Å². The Balaban J connectivity index is 3.98. The number of carbonyl (C=O) groups is 2. The summed E-state index contributed by atoms with van der Waals surface area (Å²) in [7, 11) is 1.41. The molecule has 0 aliphatic rings. The van der Waals surface area contributed by atoms with Gasteiger partial charge in [0.2, 0.25) is 0 Å². The second-order valence-corrected chi connectivity index (χ2v) is 5.71. The third kappa shape index (κ3) is 12.1. The highest BCUT2D eigenvalue weighted by molar-refractivity contribution is 5.71. The van der Waals surface area contributed by atoms with Crippen LogP contribution in [0.1, 0.15) is 65.7 Å². The lowest BCUT2D eigenvalue weighted by atomic mass is 10.0. The Bertz CT molecular complexity index is 428. The smallest absolute Gasteiger partial charge is 0.309 e. The number of allylic oxidation sites excluding steroid dienone is 5. The van der Waals surface area contributed by atoms with Crippen molar-refractivity contribution in [3.05, 3.63) is 34.9 Å². The van der Waals surface area contributed by atoms with Gasteiger partial charge in [0.05, 0.1) is 13.5 Å². The highest BCUT2D eigenvalue weighted by Crippen LogP contribution is 2.13. The Morgan fingerprint density at radius 1 is 0.818 bits per heavy atom. The zero-order valence-electron chi connectivity index (χ0n) is 14.5. The molecule has 0 aliphatic carbocycles. The highest BCUT2D eigenvalue weighted by Gasteiger charge is 1.97. The second-order valence-electron chi connectivity index (χ2n) is 5.71. The molecular formula is C19H30O3. The van der Waals surface area contributed by atoms with Crippen LogP contribution in [0.15, 0.2) is 34.9 Å². The van der Waals surface area contributed by atoms with Crippen LogP contribution in [-0.2, 0) is 14.3 Å². The number of methoxy groups -OCH3 is 1. The van der Waals surface area contributed by atoms with E-state index < -0.39 is 0 Å². The largest absolute Gasteiger partial charge is 0.469 e. The third-order valence-electron chi connectivity index (χ3n) is 3.56. The predicted molar refractivity (Wildman–Crippen MR) is 91.7 cm³/mol. The molecule has 0 aromatic carbocycles. The van der Waals surface area contributed by atoms with Gasteiger partial charge in [0, 0.05) is 6.42 Å². The van der Waals surface area contributed by atoms with Crippen molar-refractivity contribution >= 4 is 12.3 Å². The molecule has 0 saturated carbocycles. The van der Waals surface area contributed by atoms with E-state index >= 15 is 0 Å². The molecule has 0 rings (SSSR count). The monoisotopic (exact) mass is 306 g/mol. The summed E-state index contributed by atoms with van der Waals surface area (Å²) in [4.78, 5) is 21.3. The van der Waals surface area contributed by atoms with Crippen LogP contribution in [-0.4, -0.2) is 19.4 Å². The predicted octanol–water partition coefficient (Wildman–Crippen LogP) is 4.93. The Morgan fingerprint density at radius 2 is 1.27 bits per heavy atom. The van der Waals surface area contributed by atoms with Gasteiger partial charge in [0.15, 0.2) is 0 Å². The summed E-state index contributed by atoms with van der Waals surface area (Å²) in [5.41, 5.74) is 3.90. The van der Waals surface area contributed by atoms with Crippen molar-refractivity contribution in [2.45, 2.75) is 65.7 Å². The molecule has 0 aromatic rings. The lowest BCUT2D eigenvalue weighted by Crippen LogP contribution is -1.97. The standard InChI is InChI=1S/C19H30O3/c1-16(8-5-10-17(2)12-7-15-20)9-6-11-18(3)13-14-19(21)22-4/h9-10,13,15H,5-8,11-12,14H2,1-4H3/b16-9+,17-10+,18-13?. The Labute approximate surface area is 135 Å². The van der Waals surface area contributed by atoms with Crippen molar-refractivity contribution in [3.8, 4) is 0 Å². The molecule has 0 aromatic heterocycles. The van der Waals surface area contributed by atoms with Gasteiger partial charge in [0.1, 0.15) is 6.29 Å². The maximum atomic E-state index is 11.0. The van der Waals surface area contributed by atoms with Gasteiger partial charge in [-0.25, -0.2) is 0 Å². The van der Waals surface area contributed by atoms with Gasteiger partial charge in [-0.2, -0.15) is 0 Å². The molecule has 124 valence electrons. The zero-order chi connectivity index (χ0) is 16.8. The van der Waals surface area contributed by atoms with Gasteiger partial charge in [-0.05, 0) is 52.9 Å². The topological polar surface area (TPSA) is 43.4 Å². The van der Waals surface area contributed by atoms with Crippen molar-refractivity contribution < 1.29 is 14.3 Å². The molecule has 3 heteroatoms. The molecule has 0 atom stereocenters. The molecule has 0 unspecified atom stereocenters. The Hall–Kier alpha value is -1.64. The van der Waals surface area contributed by atoms with Gasteiger partial charge < -0.3 is 9.53 Å². The fourth-order valence-electron chi connectivity index (χ4n) is 2.03. The normalized spacial score (nSPS) is 13.2. The first-order valence-corrected chi connectivity index (χ1v) is 7.97. The fraction of sp³-hybridized carbons (Fsp3) is 0.579. The molecule has 0 aliphatic heterocycles. The van der Waals surface area contributed by atoms with Crippen LogP contribution in [0.2, 0.25) is 0 Å². The molecule has 22 heavy (non-hydrogen) atoms. The van der Waals surface area contributed by atoms with E-state index in [1.54, 1.807) is 0 Å². The first-order chi connectivity index (χ1) is 10.5. The van der Waals surface area contributed by atoms with E-state index in [1.165, 1.54) is 23.8 Å². The maximum Gasteiger partial charge on any atom is 0.309 e. The van der Waals surface area contributed by atoms with Crippen LogP contribution in [0.3, 0.4) is 0 Å². The molecule has 0 radical (unpaired) electrons. The Kier molecular flexibility index (Phi) is 12.1. The molecule has 0 amide bonds. The van der Waals surface area contributed by atoms with Gasteiger partial charge in [0.25, 0.3) is 0 Å². The average molecular weight is 306 g/mol. The minimum atomic E-state index is -0.192. The Morgan fingerprint density at radius 3 is 1.73 bits per heavy atom. The zero-order valence-corrected chi connectivity index (χ0v) is 14.5. The minimum Gasteiger partial charge on any atom is -0.469 e. The molecule has 0 N–H and O–H groups in total. The van der Waals surface area contributed by atoms with E-state index in [0.717, 1.165) is 38.4 Å². The van der Waals surface area contributed by atoms with E-state index in [1.807, 2.05) is 13.0 Å². The molecule has 0 heterocycles. The fourth-order valence-corrected chi connectivity index (χ4v) is 2.03. The third-order valence-corrected chi connectivity index (χ3v) is 3.56. The summed E-state index contributed by atoms with van der Waals surface area (Å²) in [6.45, 7) is 6.28. The summed E-state index contributed by atoms with van der Waals surface area (Å²) in [5.74, 6) is -0.192. The molecule has 0 bridgehead atoms. The van der Waals surface area contributed by atoms with Crippen LogP contribution in [0.25, 0.3) is 0 Å². The first-order valence-electron chi connectivity index (χ1n) is 7.97. The van der Waals surface area contributed by atoms with Gasteiger partial charge in [-0.3, -0.25) is 4.79 Å². The van der Waals surface area contributed by atoms with Crippen LogP contribution < -0.4 is 0 Å². The van der Waals surface area contributed by atoms with Crippen LogP contribution in [0.4, 0.5) is 0 Å². The minimum absolute atomic E-state index is 0.192. The first kappa shape index (κ1) is 20.4. The average Bonchev–Trinajstić information content (AvgIpc) is 2.50. The molecule has 0 saturated heterocycles. The number of hydrogen-bond acceptors (Lipinski definition) is 3. The lowest BCUT2D eigenvalue weighted by molar-refractivity contribution is -0.139. The van der Waals surface area contributed by atoms with E-state index in [9.17, 15) is 9.59 Å². The van der Waals surface area contributed by atoms with Crippen molar-refractivity contribution in [1.82, 2.24) is 0 Å².